The number of hydrogen-bond acceptors (Lipinski definition) is 3. The quantitative estimate of drug-likeness (QED) is 0.863. The minimum Gasteiger partial charge on any atom is -0.392 e. The van der Waals surface area contributed by atoms with E-state index in [1.54, 1.807) is 24.1 Å². The molecule has 100 valence electrons. The maximum Gasteiger partial charge on any atom is 0.146 e. The molecule has 0 heterocycles. The average Bonchev–Trinajstić information content (AvgIpc) is 2.75. The fourth-order valence-electron chi connectivity index (χ4n) is 2.68. The summed E-state index contributed by atoms with van der Waals surface area (Å²) in [6, 6.07) is 4.69. The number of hydrogen-bond donors (Lipinski definition) is 2. The van der Waals surface area contributed by atoms with Crippen molar-refractivity contribution in [3.05, 3.63) is 29.6 Å². The summed E-state index contributed by atoms with van der Waals surface area (Å²) in [6.45, 7) is 0.285. The predicted octanol–water partition coefficient (Wildman–Crippen LogP) is 2.06. The van der Waals surface area contributed by atoms with E-state index in [0.717, 1.165) is 25.7 Å². The average molecular weight is 253 g/mol. The number of likely N-dealkylation sites (N-methyl/N-ethyl adjacent to an activating group) is 1. The number of aliphatic hydroxyl groups excluding tert-OH is 1. The van der Waals surface area contributed by atoms with Crippen LogP contribution in [0.25, 0.3) is 0 Å². The third kappa shape index (κ3) is 2.82. The van der Waals surface area contributed by atoms with E-state index in [1.807, 2.05) is 0 Å². The van der Waals surface area contributed by atoms with E-state index >= 15 is 0 Å². The first kappa shape index (κ1) is 13.3. The van der Waals surface area contributed by atoms with Crippen molar-refractivity contribution in [2.24, 2.45) is 0 Å². The van der Waals surface area contributed by atoms with Gasteiger partial charge in [-0.15, -0.1) is 0 Å². The Morgan fingerprint density at radius 1 is 1.33 bits per heavy atom. The molecule has 1 aromatic rings. The lowest BCUT2D eigenvalue weighted by atomic mass is 10.0. The van der Waals surface area contributed by atoms with Crippen LogP contribution in [0.3, 0.4) is 0 Å². The highest BCUT2D eigenvalue weighted by Crippen LogP contribution is 2.31. The van der Waals surface area contributed by atoms with Gasteiger partial charge in [-0.2, -0.15) is 0 Å². The third-order valence-electron chi connectivity index (χ3n) is 3.67. The number of benzene rings is 1. The van der Waals surface area contributed by atoms with Crippen LogP contribution in [0.15, 0.2) is 18.2 Å². The minimum absolute atomic E-state index is 0.162. The van der Waals surface area contributed by atoms with Gasteiger partial charge in [0.2, 0.25) is 0 Å². The molecular formula is C14H20FNO2. The number of rotatable bonds is 4. The van der Waals surface area contributed by atoms with E-state index in [-0.39, 0.29) is 12.4 Å². The molecule has 0 aromatic heterocycles. The second-order valence-corrected chi connectivity index (χ2v) is 5.23. The fraction of sp³-hybridized carbons (Fsp3) is 0.571. The van der Waals surface area contributed by atoms with Crippen LogP contribution in [0.2, 0.25) is 0 Å². The van der Waals surface area contributed by atoms with E-state index in [9.17, 15) is 9.50 Å². The van der Waals surface area contributed by atoms with Gasteiger partial charge in [0, 0.05) is 13.6 Å². The molecule has 0 unspecified atom stereocenters. The van der Waals surface area contributed by atoms with Gasteiger partial charge in [0.05, 0.1) is 17.9 Å². The number of nitrogens with zero attached hydrogens (tertiary/aromatic N) is 1. The monoisotopic (exact) mass is 253 g/mol. The standard InChI is InChI=1S/C14H20FNO2/c1-16(10-14(18)6-2-3-7-14)13-5-4-11(9-17)8-12(13)15/h4-5,8,17-18H,2-3,6-7,9-10H2,1H3. The molecule has 0 aliphatic heterocycles. The minimum atomic E-state index is -0.684. The van der Waals surface area contributed by atoms with Gasteiger partial charge >= 0.3 is 0 Å². The molecule has 0 bridgehead atoms. The lowest BCUT2D eigenvalue weighted by Crippen LogP contribution is -2.39. The highest BCUT2D eigenvalue weighted by atomic mass is 19.1. The number of anilines is 1. The first-order chi connectivity index (χ1) is 8.54. The second kappa shape index (κ2) is 5.24. The van der Waals surface area contributed by atoms with Gasteiger partial charge in [-0.25, -0.2) is 4.39 Å². The van der Waals surface area contributed by atoms with Gasteiger partial charge in [0.1, 0.15) is 5.82 Å². The van der Waals surface area contributed by atoms with Crippen LogP contribution in [-0.4, -0.2) is 29.4 Å². The highest BCUT2D eigenvalue weighted by molar-refractivity contribution is 5.48. The predicted molar refractivity (Wildman–Crippen MR) is 69.0 cm³/mol. The van der Waals surface area contributed by atoms with Crippen LogP contribution >= 0.6 is 0 Å². The topological polar surface area (TPSA) is 43.7 Å². The molecule has 1 aliphatic rings. The van der Waals surface area contributed by atoms with Crippen molar-refractivity contribution in [3.63, 3.8) is 0 Å². The lowest BCUT2D eigenvalue weighted by molar-refractivity contribution is 0.0558. The van der Waals surface area contributed by atoms with Crippen LogP contribution in [0, 0.1) is 5.82 Å². The smallest absolute Gasteiger partial charge is 0.146 e. The van der Waals surface area contributed by atoms with Crippen molar-refractivity contribution < 1.29 is 14.6 Å². The molecule has 2 N–H and O–H groups in total. The third-order valence-corrected chi connectivity index (χ3v) is 3.67. The molecule has 0 amide bonds. The van der Waals surface area contributed by atoms with Crippen molar-refractivity contribution in [1.29, 1.82) is 0 Å². The Hall–Kier alpha value is -1.13. The van der Waals surface area contributed by atoms with Gasteiger partial charge in [-0.1, -0.05) is 18.9 Å². The maximum atomic E-state index is 13.9. The molecule has 0 spiro atoms. The Morgan fingerprint density at radius 3 is 2.56 bits per heavy atom. The lowest BCUT2D eigenvalue weighted by Gasteiger charge is -2.30. The van der Waals surface area contributed by atoms with E-state index in [0.29, 0.717) is 17.8 Å². The molecule has 1 saturated carbocycles. The van der Waals surface area contributed by atoms with Crippen LogP contribution in [0.1, 0.15) is 31.2 Å². The molecule has 3 nitrogen and oxygen atoms in total. The van der Waals surface area contributed by atoms with Crippen LogP contribution < -0.4 is 4.90 Å². The summed E-state index contributed by atoms with van der Waals surface area (Å²) in [5.74, 6) is -0.356. The summed E-state index contributed by atoms with van der Waals surface area (Å²) < 4.78 is 13.9. The number of aliphatic hydroxyl groups is 2. The van der Waals surface area contributed by atoms with Crippen molar-refractivity contribution in [1.82, 2.24) is 0 Å². The zero-order chi connectivity index (χ0) is 13.2. The molecule has 0 radical (unpaired) electrons. The van der Waals surface area contributed by atoms with Crippen molar-refractivity contribution in [2.45, 2.75) is 37.9 Å². The Morgan fingerprint density at radius 2 is 2.00 bits per heavy atom. The van der Waals surface area contributed by atoms with Gasteiger partial charge in [0.15, 0.2) is 0 Å². The summed E-state index contributed by atoms with van der Waals surface area (Å²) in [5.41, 5.74) is 0.341. The molecule has 1 aromatic carbocycles. The molecule has 18 heavy (non-hydrogen) atoms. The first-order valence-corrected chi connectivity index (χ1v) is 6.37. The van der Waals surface area contributed by atoms with Crippen LogP contribution in [0.4, 0.5) is 10.1 Å². The molecular weight excluding hydrogens is 233 g/mol. The normalized spacial score (nSPS) is 18.0. The molecule has 0 atom stereocenters. The van der Waals surface area contributed by atoms with Crippen LogP contribution in [0.5, 0.6) is 0 Å². The van der Waals surface area contributed by atoms with E-state index in [2.05, 4.69) is 0 Å². The Bertz CT molecular complexity index is 416. The zero-order valence-electron chi connectivity index (χ0n) is 10.7. The SMILES string of the molecule is CN(CC1(O)CCCC1)c1ccc(CO)cc1F. The van der Waals surface area contributed by atoms with Crippen molar-refractivity contribution in [2.75, 3.05) is 18.5 Å². The van der Waals surface area contributed by atoms with Crippen molar-refractivity contribution >= 4 is 5.69 Å². The zero-order valence-corrected chi connectivity index (χ0v) is 10.7. The molecule has 1 fully saturated rings. The number of halogens is 1. The fourth-order valence-corrected chi connectivity index (χ4v) is 2.68. The van der Waals surface area contributed by atoms with Gasteiger partial charge < -0.3 is 15.1 Å². The summed E-state index contributed by atoms with van der Waals surface area (Å²) in [5, 5.41) is 19.3. The molecule has 4 heteroatoms. The first-order valence-electron chi connectivity index (χ1n) is 6.37. The molecule has 0 saturated heterocycles. The second-order valence-electron chi connectivity index (χ2n) is 5.23. The van der Waals surface area contributed by atoms with E-state index in [1.165, 1.54) is 6.07 Å². The van der Waals surface area contributed by atoms with E-state index < -0.39 is 5.60 Å². The Kier molecular flexibility index (Phi) is 3.88. The summed E-state index contributed by atoms with van der Waals surface area (Å²) >= 11 is 0. The summed E-state index contributed by atoms with van der Waals surface area (Å²) in [7, 11) is 1.79. The molecule has 1 aliphatic carbocycles. The Balaban J connectivity index is 2.11. The molecule has 2 rings (SSSR count). The Labute approximate surface area is 107 Å². The van der Waals surface area contributed by atoms with Crippen molar-refractivity contribution in [3.8, 4) is 0 Å². The largest absolute Gasteiger partial charge is 0.392 e. The highest BCUT2D eigenvalue weighted by Gasteiger charge is 2.32. The van der Waals surface area contributed by atoms with E-state index in [4.69, 9.17) is 5.11 Å². The summed E-state index contributed by atoms with van der Waals surface area (Å²) in [4.78, 5) is 1.75. The van der Waals surface area contributed by atoms with Gasteiger partial charge in [-0.3, -0.25) is 0 Å². The van der Waals surface area contributed by atoms with Gasteiger partial charge in [0.25, 0.3) is 0 Å². The summed E-state index contributed by atoms with van der Waals surface area (Å²) in [6.07, 6.45) is 3.65. The van der Waals surface area contributed by atoms with Gasteiger partial charge in [-0.05, 0) is 30.5 Å². The van der Waals surface area contributed by atoms with Crippen LogP contribution in [-0.2, 0) is 6.61 Å². The maximum absolute atomic E-state index is 13.9.